The van der Waals surface area contributed by atoms with Crippen molar-refractivity contribution < 1.29 is 9.90 Å². The van der Waals surface area contributed by atoms with Crippen LogP contribution in [0, 0.1) is 0 Å². The Bertz CT molecular complexity index is 1410. The summed E-state index contributed by atoms with van der Waals surface area (Å²) >= 11 is 0. The normalized spacial score (nSPS) is 20.8. The number of aliphatic hydroxyl groups excluding tert-OH is 1. The molecule has 9 heteroatoms. The monoisotopic (exact) mass is 499 g/mol. The molecule has 1 saturated heterocycles. The Hall–Kier alpha value is -3.56. The van der Waals surface area contributed by atoms with Crippen molar-refractivity contribution in [2.75, 3.05) is 18.4 Å². The number of carbonyl (C=O) groups is 1. The van der Waals surface area contributed by atoms with Crippen LogP contribution < -0.4 is 10.6 Å². The average molecular weight is 500 g/mol. The molecule has 37 heavy (non-hydrogen) atoms. The van der Waals surface area contributed by atoms with Crippen molar-refractivity contribution in [3.05, 3.63) is 60.0 Å². The summed E-state index contributed by atoms with van der Waals surface area (Å²) in [5.41, 5.74) is 5.31. The number of fused-ring (bicyclic) bond motifs is 1. The Morgan fingerprint density at radius 1 is 1.08 bits per heavy atom. The number of nitrogens with one attached hydrogen (secondary N) is 2. The van der Waals surface area contributed by atoms with Gasteiger partial charge in [-0.15, -0.1) is 0 Å². The standard InChI is InChI=1S/C28H33N7O2/c1-34-17-21(16-31-34)24-15-20(10-13-30-24)27(37)33-28-32-25-14-19(18-8-11-29-12-9-18)2-7-26(25)35(28)22-3-5-23(36)6-4-22/h2,7,10,13-18,22-23,29,36H,3-6,8-9,11-12H2,1H3,(H,32,33,37). The van der Waals surface area contributed by atoms with Gasteiger partial charge in [-0.2, -0.15) is 5.10 Å². The van der Waals surface area contributed by atoms with E-state index < -0.39 is 0 Å². The summed E-state index contributed by atoms with van der Waals surface area (Å²) in [7, 11) is 1.85. The molecule has 2 aliphatic rings. The zero-order chi connectivity index (χ0) is 25.4. The van der Waals surface area contributed by atoms with Crippen LogP contribution in [0.4, 0.5) is 5.95 Å². The van der Waals surface area contributed by atoms with Gasteiger partial charge in [-0.1, -0.05) is 6.07 Å². The minimum atomic E-state index is -0.252. The number of aromatic nitrogens is 5. The number of imidazole rings is 1. The lowest BCUT2D eigenvalue weighted by Crippen LogP contribution is -2.26. The summed E-state index contributed by atoms with van der Waals surface area (Å²) in [5, 5.41) is 20.8. The molecule has 4 heterocycles. The fraction of sp³-hybridized carbons (Fsp3) is 0.429. The second-order valence-electron chi connectivity index (χ2n) is 10.3. The fourth-order valence-electron chi connectivity index (χ4n) is 5.76. The predicted octanol–water partition coefficient (Wildman–Crippen LogP) is 4.03. The third kappa shape index (κ3) is 4.89. The number of nitrogens with zero attached hydrogens (tertiary/aromatic N) is 5. The predicted molar refractivity (Wildman–Crippen MR) is 142 cm³/mol. The van der Waals surface area contributed by atoms with Crippen LogP contribution in [-0.4, -0.2) is 54.5 Å². The molecule has 1 aromatic carbocycles. The molecule has 1 amide bonds. The van der Waals surface area contributed by atoms with E-state index in [0.717, 1.165) is 68.2 Å². The second kappa shape index (κ2) is 10.1. The van der Waals surface area contributed by atoms with Crippen LogP contribution in [0.3, 0.4) is 0 Å². The first-order chi connectivity index (χ1) is 18.0. The van der Waals surface area contributed by atoms with E-state index in [2.05, 4.69) is 43.5 Å². The molecule has 192 valence electrons. The lowest BCUT2D eigenvalue weighted by molar-refractivity contribution is 0.102. The van der Waals surface area contributed by atoms with Gasteiger partial charge in [0.15, 0.2) is 0 Å². The molecule has 3 N–H and O–H groups in total. The molecule has 3 aromatic heterocycles. The Labute approximate surface area is 215 Å². The maximum Gasteiger partial charge on any atom is 0.258 e. The number of rotatable bonds is 5. The highest BCUT2D eigenvalue weighted by atomic mass is 16.3. The first-order valence-electron chi connectivity index (χ1n) is 13.2. The van der Waals surface area contributed by atoms with Crippen LogP contribution in [0.2, 0.25) is 0 Å². The van der Waals surface area contributed by atoms with Crippen molar-refractivity contribution in [2.24, 2.45) is 7.05 Å². The molecule has 4 aromatic rings. The highest BCUT2D eigenvalue weighted by Gasteiger charge is 2.26. The van der Waals surface area contributed by atoms with E-state index in [0.29, 0.717) is 23.1 Å². The highest BCUT2D eigenvalue weighted by molar-refractivity contribution is 6.04. The Morgan fingerprint density at radius 3 is 2.65 bits per heavy atom. The van der Waals surface area contributed by atoms with Gasteiger partial charge in [0.05, 0.1) is 29.0 Å². The van der Waals surface area contributed by atoms with Crippen molar-refractivity contribution in [1.82, 2.24) is 29.6 Å². The van der Waals surface area contributed by atoms with Crippen LogP contribution in [0.1, 0.15) is 66.4 Å². The van der Waals surface area contributed by atoms with Gasteiger partial charge >= 0.3 is 0 Å². The number of hydrogen-bond donors (Lipinski definition) is 3. The smallest absolute Gasteiger partial charge is 0.258 e. The zero-order valence-electron chi connectivity index (χ0n) is 21.1. The molecule has 1 aliphatic carbocycles. The third-order valence-corrected chi connectivity index (χ3v) is 7.80. The number of piperidine rings is 1. The van der Waals surface area contributed by atoms with E-state index >= 15 is 0 Å². The van der Waals surface area contributed by atoms with Gasteiger partial charge in [0.25, 0.3) is 5.91 Å². The van der Waals surface area contributed by atoms with Gasteiger partial charge < -0.3 is 15.0 Å². The number of amides is 1. The Kier molecular flexibility index (Phi) is 6.48. The van der Waals surface area contributed by atoms with Gasteiger partial charge in [-0.05, 0) is 87.4 Å². The van der Waals surface area contributed by atoms with E-state index in [1.54, 1.807) is 29.2 Å². The van der Waals surface area contributed by atoms with E-state index in [-0.39, 0.29) is 18.1 Å². The topological polar surface area (TPSA) is 110 Å². The molecule has 9 nitrogen and oxygen atoms in total. The first kappa shape index (κ1) is 23.8. The summed E-state index contributed by atoms with van der Waals surface area (Å²) in [5.74, 6) is 0.864. The highest BCUT2D eigenvalue weighted by Crippen LogP contribution is 2.36. The lowest BCUT2D eigenvalue weighted by Gasteiger charge is -2.28. The van der Waals surface area contributed by atoms with E-state index in [4.69, 9.17) is 4.98 Å². The Morgan fingerprint density at radius 2 is 1.89 bits per heavy atom. The molecule has 0 unspecified atom stereocenters. The SMILES string of the molecule is Cn1cc(-c2cc(C(=O)Nc3nc4cc(C5CCNCC5)ccc4n3C3CCC(O)CC3)ccn2)cn1. The number of hydrogen-bond acceptors (Lipinski definition) is 6. The molecule has 6 rings (SSSR count). The lowest BCUT2D eigenvalue weighted by atomic mass is 9.90. The molecule has 0 bridgehead atoms. The summed E-state index contributed by atoms with van der Waals surface area (Å²) < 4.78 is 3.89. The van der Waals surface area contributed by atoms with E-state index in [9.17, 15) is 9.90 Å². The molecule has 1 saturated carbocycles. The van der Waals surface area contributed by atoms with Crippen molar-refractivity contribution in [2.45, 2.75) is 56.6 Å². The van der Waals surface area contributed by atoms with Crippen molar-refractivity contribution in [3.63, 3.8) is 0 Å². The molecular weight excluding hydrogens is 466 g/mol. The number of aliphatic hydroxyl groups is 1. The summed E-state index contributed by atoms with van der Waals surface area (Å²) in [4.78, 5) is 22.8. The minimum absolute atomic E-state index is 0.178. The number of benzene rings is 1. The minimum Gasteiger partial charge on any atom is -0.393 e. The average Bonchev–Trinajstić information content (AvgIpc) is 3.52. The van der Waals surface area contributed by atoms with Gasteiger partial charge in [-0.25, -0.2) is 4.98 Å². The van der Waals surface area contributed by atoms with Crippen molar-refractivity contribution >= 4 is 22.9 Å². The summed E-state index contributed by atoms with van der Waals surface area (Å²) in [6.07, 6.45) is 10.5. The van der Waals surface area contributed by atoms with Crippen molar-refractivity contribution in [3.8, 4) is 11.3 Å². The maximum absolute atomic E-state index is 13.4. The van der Waals surface area contributed by atoms with Crippen LogP contribution in [0.25, 0.3) is 22.3 Å². The third-order valence-electron chi connectivity index (χ3n) is 7.80. The van der Waals surface area contributed by atoms with Crippen LogP contribution in [0.5, 0.6) is 0 Å². The number of carbonyl (C=O) groups excluding carboxylic acids is 1. The number of anilines is 1. The summed E-state index contributed by atoms with van der Waals surface area (Å²) in [6, 6.07) is 10.3. The fourth-order valence-corrected chi connectivity index (χ4v) is 5.76. The molecule has 2 fully saturated rings. The number of aryl methyl sites for hydroxylation is 1. The molecule has 0 atom stereocenters. The molecule has 1 aliphatic heterocycles. The van der Waals surface area contributed by atoms with Crippen LogP contribution in [-0.2, 0) is 7.05 Å². The van der Waals surface area contributed by atoms with E-state index in [1.165, 1.54) is 5.56 Å². The first-order valence-corrected chi connectivity index (χ1v) is 13.2. The largest absolute Gasteiger partial charge is 0.393 e. The molecular formula is C28H33N7O2. The second-order valence-corrected chi connectivity index (χ2v) is 10.3. The quantitative estimate of drug-likeness (QED) is 0.383. The number of pyridine rings is 1. The van der Waals surface area contributed by atoms with Gasteiger partial charge in [0.1, 0.15) is 0 Å². The summed E-state index contributed by atoms with van der Waals surface area (Å²) in [6.45, 7) is 2.08. The van der Waals surface area contributed by atoms with Crippen LogP contribution in [0.15, 0.2) is 48.9 Å². The van der Waals surface area contributed by atoms with E-state index in [1.807, 2.05) is 13.2 Å². The van der Waals surface area contributed by atoms with Crippen LogP contribution >= 0.6 is 0 Å². The Balaban J connectivity index is 1.34. The van der Waals surface area contributed by atoms with Gasteiger partial charge in [-0.3, -0.25) is 19.8 Å². The van der Waals surface area contributed by atoms with Gasteiger partial charge in [0.2, 0.25) is 5.95 Å². The molecule has 0 radical (unpaired) electrons. The van der Waals surface area contributed by atoms with Gasteiger partial charge in [0, 0.05) is 36.6 Å². The zero-order valence-corrected chi connectivity index (χ0v) is 21.1. The van der Waals surface area contributed by atoms with Crippen molar-refractivity contribution in [1.29, 1.82) is 0 Å². The molecule has 0 spiro atoms. The maximum atomic E-state index is 13.4.